The molecule has 2 unspecified atom stereocenters. The first kappa shape index (κ1) is 20.5. The van der Waals surface area contributed by atoms with E-state index in [-0.39, 0.29) is 23.3 Å². The van der Waals surface area contributed by atoms with Crippen LogP contribution in [0.4, 0.5) is 5.95 Å². The highest BCUT2D eigenvalue weighted by atomic mass is 35.5. The lowest BCUT2D eigenvalue weighted by molar-refractivity contribution is 0.0973. The van der Waals surface area contributed by atoms with Gasteiger partial charge in [-0.05, 0) is 25.8 Å². The Morgan fingerprint density at radius 2 is 2.06 bits per heavy atom. The van der Waals surface area contributed by atoms with Crippen molar-refractivity contribution in [1.82, 2.24) is 19.6 Å². The van der Waals surface area contributed by atoms with E-state index in [1.54, 1.807) is 22.7 Å². The van der Waals surface area contributed by atoms with E-state index in [4.69, 9.17) is 33.7 Å². The maximum absolute atomic E-state index is 9.89. The van der Waals surface area contributed by atoms with Crippen LogP contribution < -0.4 is 10.6 Å². The molecule has 0 amide bonds. The van der Waals surface area contributed by atoms with Crippen LogP contribution in [0.3, 0.4) is 0 Å². The Morgan fingerprint density at radius 3 is 2.74 bits per heavy atom. The van der Waals surface area contributed by atoms with Gasteiger partial charge in [0.1, 0.15) is 12.4 Å². The van der Waals surface area contributed by atoms with Crippen LogP contribution >= 0.6 is 23.2 Å². The van der Waals surface area contributed by atoms with Crippen molar-refractivity contribution in [2.24, 2.45) is 11.1 Å². The zero-order chi connectivity index (χ0) is 21.8. The molecule has 2 aliphatic rings. The van der Waals surface area contributed by atoms with E-state index in [0.29, 0.717) is 39.4 Å². The minimum atomic E-state index is -0.0102. The first-order chi connectivity index (χ1) is 14.9. The highest BCUT2D eigenvalue weighted by Gasteiger charge is 2.48. The van der Waals surface area contributed by atoms with Crippen LogP contribution in [0.25, 0.3) is 16.8 Å². The Bertz CT molecular complexity index is 1200. The standard InChI is InChI=1S/C21H21Cl2N7O/c1-12-18(25)21(10-31-12)5-7-29(8-6-21)20-28-15(9-24)16(19-26-11-27-30(19)20)13-3-2-4-14(22)17(13)23/h2-4,11-12,18H,5-8,10,25H2,1H3. The highest BCUT2D eigenvalue weighted by molar-refractivity contribution is 6.43. The molecule has 2 aromatic heterocycles. The van der Waals surface area contributed by atoms with Gasteiger partial charge < -0.3 is 15.4 Å². The van der Waals surface area contributed by atoms with Crippen molar-refractivity contribution in [3.8, 4) is 17.2 Å². The van der Waals surface area contributed by atoms with Crippen molar-refractivity contribution >= 4 is 34.8 Å². The number of aromatic nitrogens is 4. The fourth-order valence-corrected chi connectivity index (χ4v) is 5.12. The summed E-state index contributed by atoms with van der Waals surface area (Å²) in [5.41, 5.74) is 8.30. The molecule has 2 atom stereocenters. The topological polar surface area (TPSA) is 105 Å². The number of benzene rings is 1. The average molecular weight is 458 g/mol. The van der Waals surface area contributed by atoms with Crippen molar-refractivity contribution in [3.05, 3.63) is 40.3 Å². The van der Waals surface area contributed by atoms with E-state index < -0.39 is 0 Å². The third kappa shape index (κ3) is 3.15. The van der Waals surface area contributed by atoms with Gasteiger partial charge in [0.15, 0.2) is 11.3 Å². The van der Waals surface area contributed by atoms with E-state index in [2.05, 4.69) is 26.0 Å². The summed E-state index contributed by atoms with van der Waals surface area (Å²) in [6.45, 7) is 4.21. The number of fused-ring (bicyclic) bond motifs is 1. The molecule has 0 saturated carbocycles. The van der Waals surface area contributed by atoms with Gasteiger partial charge in [-0.15, -0.1) is 0 Å². The molecule has 1 spiro atoms. The maximum Gasteiger partial charge on any atom is 0.229 e. The zero-order valence-corrected chi connectivity index (χ0v) is 18.4. The Kier molecular flexibility index (Phi) is 5.02. The summed E-state index contributed by atoms with van der Waals surface area (Å²) in [5, 5.41) is 15.0. The van der Waals surface area contributed by atoms with Crippen LogP contribution in [0, 0.1) is 16.7 Å². The molecule has 10 heteroatoms. The van der Waals surface area contributed by atoms with E-state index in [1.807, 2.05) is 6.92 Å². The molecule has 4 heterocycles. The number of halogens is 2. The van der Waals surface area contributed by atoms with Gasteiger partial charge in [-0.25, -0.2) is 9.97 Å². The summed E-state index contributed by atoms with van der Waals surface area (Å²) >= 11 is 12.7. The van der Waals surface area contributed by atoms with Crippen LogP contribution in [0.5, 0.6) is 0 Å². The summed E-state index contributed by atoms with van der Waals surface area (Å²) in [6, 6.07) is 7.51. The Hall–Kier alpha value is -2.44. The Morgan fingerprint density at radius 1 is 1.29 bits per heavy atom. The molecule has 0 bridgehead atoms. The fourth-order valence-electron chi connectivity index (χ4n) is 4.72. The van der Waals surface area contributed by atoms with Crippen LogP contribution in [-0.2, 0) is 4.74 Å². The predicted molar refractivity (Wildman–Crippen MR) is 118 cm³/mol. The Labute approximate surface area is 189 Å². The van der Waals surface area contributed by atoms with E-state index in [1.165, 1.54) is 6.33 Å². The number of hydrogen-bond donors (Lipinski definition) is 1. The molecule has 2 aliphatic heterocycles. The van der Waals surface area contributed by atoms with Gasteiger partial charge in [0.05, 0.1) is 28.3 Å². The van der Waals surface area contributed by atoms with E-state index >= 15 is 0 Å². The summed E-state index contributed by atoms with van der Waals surface area (Å²) in [6.07, 6.45) is 3.30. The van der Waals surface area contributed by atoms with Gasteiger partial charge in [-0.1, -0.05) is 35.3 Å². The van der Waals surface area contributed by atoms with Gasteiger partial charge in [-0.2, -0.15) is 14.9 Å². The van der Waals surface area contributed by atoms with Crippen molar-refractivity contribution in [2.45, 2.75) is 31.9 Å². The fraction of sp³-hybridized carbons (Fsp3) is 0.429. The second-order valence-corrected chi connectivity index (χ2v) is 9.02. The molecular formula is C21H21Cl2N7O. The first-order valence-corrected chi connectivity index (χ1v) is 10.9. The quantitative estimate of drug-likeness (QED) is 0.628. The van der Waals surface area contributed by atoms with Crippen molar-refractivity contribution in [2.75, 3.05) is 24.6 Å². The lowest BCUT2D eigenvalue weighted by Gasteiger charge is -2.41. The van der Waals surface area contributed by atoms with Gasteiger partial charge in [-0.3, -0.25) is 0 Å². The molecule has 2 saturated heterocycles. The molecule has 1 aromatic carbocycles. The lowest BCUT2D eigenvalue weighted by atomic mass is 9.73. The largest absolute Gasteiger partial charge is 0.376 e. The predicted octanol–water partition coefficient (Wildman–Crippen LogP) is 3.30. The molecule has 8 nitrogen and oxygen atoms in total. The minimum absolute atomic E-state index is 0.0102. The van der Waals surface area contributed by atoms with Gasteiger partial charge >= 0.3 is 0 Å². The van der Waals surface area contributed by atoms with Crippen molar-refractivity contribution in [1.29, 1.82) is 5.26 Å². The zero-order valence-electron chi connectivity index (χ0n) is 16.9. The molecule has 5 rings (SSSR count). The molecule has 3 aromatic rings. The number of rotatable bonds is 2. The molecule has 0 radical (unpaired) electrons. The second kappa shape index (κ2) is 7.61. The van der Waals surface area contributed by atoms with E-state index in [0.717, 1.165) is 25.9 Å². The van der Waals surface area contributed by atoms with E-state index in [9.17, 15) is 5.26 Å². The molecule has 2 fully saturated rings. The maximum atomic E-state index is 9.89. The molecular weight excluding hydrogens is 437 g/mol. The van der Waals surface area contributed by atoms with Crippen LogP contribution in [0.1, 0.15) is 25.5 Å². The lowest BCUT2D eigenvalue weighted by Crippen LogP contribution is -2.51. The third-order valence-corrected chi connectivity index (χ3v) is 7.44. The summed E-state index contributed by atoms with van der Waals surface area (Å²) in [7, 11) is 0. The first-order valence-electron chi connectivity index (χ1n) is 10.2. The van der Waals surface area contributed by atoms with Crippen molar-refractivity contribution < 1.29 is 4.74 Å². The number of piperidine rings is 1. The van der Waals surface area contributed by atoms with Gasteiger partial charge in [0.25, 0.3) is 0 Å². The van der Waals surface area contributed by atoms with Crippen LogP contribution in [0.15, 0.2) is 24.5 Å². The molecule has 31 heavy (non-hydrogen) atoms. The molecule has 0 aliphatic carbocycles. The molecule has 160 valence electrons. The highest BCUT2D eigenvalue weighted by Crippen LogP contribution is 2.42. The third-order valence-electron chi connectivity index (χ3n) is 6.62. The number of anilines is 1. The normalized spacial score (nSPS) is 22.9. The summed E-state index contributed by atoms with van der Waals surface area (Å²) in [5.74, 6) is 0.585. The van der Waals surface area contributed by atoms with Gasteiger partial charge in [0, 0.05) is 30.1 Å². The number of nitrogens with zero attached hydrogens (tertiary/aromatic N) is 6. The van der Waals surface area contributed by atoms with Gasteiger partial charge in [0.2, 0.25) is 5.95 Å². The van der Waals surface area contributed by atoms with Crippen LogP contribution in [-0.4, -0.2) is 51.4 Å². The smallest absolute Gasteiger partial charge is 0.229 e. The van der Waals surface area contributed by atoms with Crippen molar-refractivity contribution in [3.63, 3.8) is 0 Å². The molecule has 2 N–H and O–H groups in total. The SMILES string of the molecule is CC1OCC2(CCN(c3nc(C#N)c(-c4cccc(Cl)c4Cl)c4ncnn34)CC2)C1N. The average Bonchev–Trinajstić information content (AvgIpc) is 3.37. The Balaban J connectivity index is 1.56. The monoisotopic (exact) mass is 457 g/mol. The number of nitriles is 1. The summed E-state index contributed by atoms with van der Waals surface area (Å²) in [4.78, 5) is 11.2. The second-order valence-electron chi connectivity index (χ2n) is 8.24. The number of ether oxygens (including phenoxy) is 1. The number of hydrogen-bond acceptors (Lipinski definition) is 7. The number of nitrogens with two attached hydrogens (primary N) is 1. The minimum Gasteiger partial charge on any atom is -0.376 e. The van der Waals surface area contributed by atoms with Crippen LogP contribution in [0.2, 0.25) is 10.0 Å². The summed E-state index contributed by atoms with van der Waals surface area (Å²) < 4.78 is 7.49.